The van der Waals surface area contributed by atoms with E-state index >= 15 is 0 Å². The van der Waals surface area contributed by atoms with Crippen LogP contribution in [0, 0.1) is 0 Å². The van der Waals surface area contributed by atoms with Gasteiger partial charge in [-0.3, -0.25) is 0 Å². The van der Waals surface area contributed by atoms with Gasteiger partial charge in [-0.05, 0) is 12.8 Å². The molecule has 1 saturated carbocycles. The van der Waals surface area contributed by atoms with Gasteiger partial charge in [-0.1, -0.05) is 0 Å². The number of benzene rings is 1. The van der Waals surface area contributed by atoms with Crippen molar-refractivity contribution in [2.24, 2.45) is 0 Å². The molecule has 0 atom stereocenters. The smallest absolute Gasteiger partial charge is 0.198 e. The maximum Gasteiger partial charge on any atom is 0.198 e. The Morgan fingerprint density at radius 3 is 2.50 bits per heavy atom. The number of hydrogen-bond donors (Lipinski definition) is 0. The van der Waals surface area contributed by atoms with E-state index in [1.54, 1.807) is 14.2 Å². The monoisotopic (exact) mass is 219 g/mol. The third-order valence-electron chi connectivity index (χ3n) is 2.84. The molecule has 0 amide bonds. The molecule has 0 aliphatic heterocycles. The summed E-state index contributed by atoms with van der Waals surface area (Å²) in [5.74, 6) is 2.72. The molecule has 1 aromatic heterocycles. The quantitative estimate of drug-likeness (QED) is 0.796. The fourth-order valence-corrected chi connectivity index (χ4v) is 1.78. The summed E-state index contributed by atoms with van der Waals surface area (Å²) in [6.45, 7) is 0. The van der Waals surface area contributed by atoms with Crippen LogP contribution in [0.4, 0.5) is 0 Å². The van der Waals surface area contributed by atoms with Crippen LogP contribution in [0.2, 0.25) is 0 Å². The predicted octanol–water partition coefficient (Wildman–Crippen LogP) is 2.72. The van der Waals surface area contributed by atoms with Crippen LogP contribution in [0.3, 0.4) is 0 Å². The topological polar surface area (TPSA) is 44.5 Å². The molecular weight excluding hydrogens is 206 g/mol. The van der Waals surface area contributed by atoms with Gasteiger partial charge in [0.2, 0.25) is 0 Å². The summed E-state index contributed by atoms with van der Waals surface area (Å²) in [4.78, 5) is 4.46. The third-order valence-corrected chi connectivity index (χ3v) is 2.84. The van der Waals surface area contributed by atoms with Gasteiger partial charge in [0, 0.05) is 18.1 Å². The summed E-state index contributed by atoms with van der Waals surface area (Å²) in [6.07, 6.45) is 2.36. The van der Waals surface area contributed by atoms with Crippen LogP contribution in [0.25, 0.3) is 11.1 Å². The van der Waals surface area contributed by atoms with Gasteiger partial charge < -0.3 is 13.9 Å². The molecule has 0 spiro atoms. The van der Waals surface area contributed by atoms with Crippen molar-refractivity contribution in [2.75, 3.05) is 14.2 Å². The van der Waals surface area contributed by atoms with E-state index < -0.39 is 0 Å². The second kappa shape index (κ2) is 3.40. The molecule has 1 aliphatic carbocycles. The minimum Gasteiger partial charge on any atom is -0.493 e. The van der Waals surface area contributed by atoms with Crippen LogP contribution >= 0.6 is 0 Å². The third kappa shape index (κ3) is 1.41. The Hall–Kier alpha value is -1.71. The van der Waals surface area contributed by atoms with Crippen LogP contribution < -0.4 is 9.47 Å². The minimum atomic E-state index is 0.518. The van der Waals surface area contributed by atoms with Crippen LogP contribution in [0.1, 0.15) is 24.7 Å². The summed E-state index contributed by atoms with van der Waals surface area (Å²) in [5.41, 5.74) is 1.60. The first-order chi connectivity index (χ1) is 7.81. The summed E-state index contributed by atoms with van der Waals surface area (Å²) < 4.78 is 16.1. The zero-order valence-electron chi connectivity index (χ0n) is 9.32. The van der Waals surface area contributed by atoms with Crippen molar-refractivity contribution in [3.8, 4) is 11.5 Å². The first kappa shape index (κ1) is 9.51. The number of oxazole rings is 1. The SMILES string of the molecule is COc1cc2nc(C3CC3)oc2cc1OC. The van der Waals surface area contributed by atoms with Crippen molar-refractivity contribution in [3.63, 3.8) is 0 Å². The summed E-state index contributed by atoms with van der Waals surface area (Å²) in [7, 11) is 3.23. The lowest BCUT2D eigenvalue weighted by molar-refractivity contribution is 0.355. The Labute approximate surface area is 93.2 Å². The molecule has 0 saturated heterocycles. The molecule has 0 unspecified atom stereocenters. The molecule has 4 heteroatoms. The van der Waals surface area contributed by atoms with Gasteiger partial charge in [-0.2, -0.15) is 0 Å². The van der Waals surface area contributed by atoms with Crippen molar-refractivity contribution in [3.05, 3.63) is 18.0 Å². The van der Waals surface area contributed by atoms with Gasteiger partial charge in [-0.15, -0.1) is 0 Å². The van der Waals surface area contributed by atoms with Crippen molar-refractivity contribution in [1.29, 1.82) is 0 Å². The number of nitrogens with zero attached hydrogens (tertiary/aromatic N) is 1. The molecule has 1 aliphatic rings. The predicted molar refractivity (Wildman–Crippen MR) is 59.1 cm³/mol. The zero-order chi connectivity index (χ0) is 11.1. The summed E-state index contributed by atoms with van der Waals surface area (Å²) >= 11 is 0. The Bertz CT molecular complexity index is 487. The number of methoxy groups -OCH3 is 2. The lowest BCUT2D eigenvalue weighted by Gasteiger charge is -2.05. The van der Waals surface area contributed by atoms with Crippen LogP contribution in [-0.2, 0) is 0 Å². The minimum absolute atomic E-state index is 0.518. The Kier molecular flexibility index (Phi) is 2.02. The number of aromatic nitrogens is 1. The largest absolute Gasteiger partial charge is 0.493 e. The Balaban J connectivity index is 2.14. The maximum absolute atomic E-state index is 5.69. The highest BCUT2D eigenvalue weighted by Crippen LogP contribution is 2.41. The van der Waals surface area contributed by atoms with Crippen molar-refractivity contribution >= 4 is 11.1 Å². The Morgan fingerprint density at radius 2 is 1.88 bits per heavy atom. The first-order valence-corrected chi connectivity index (χ1v) is 5.34. The maximum atomic E-state index is 5.69. The fourth-order valence-electron chi connectivity index (χ4n) is 1.78. The number of ether oxygens (including phenoxy) is 2. The van der Waals surface area contributed by atoms with Gasteiger partial charge in [0.15, 0.2) is 23.0 Å². The molecule has 3 rings (SSSR count). The van der Waals surface area contributed by atoms with E-state index in [1.165, 1.54) is 12.8 Å². The summed E-state index contributed by atoms with van der Waals surface area (Å²) in [6, 6.07) is 3.68. The van der Waals surface area contributed by atoms with Crippen LogP contribution in [0.15, 0.2) is 16.5 Å². The molecule has 0 radical (unpaired) electrons. The number of hydrogen-bond acceptors (Lipinski definition) is 4. The highest BCUT2D eigenvalue weighted by atomic mass is 16.5. The van der Waals surface area contributed by atoms with Gasteiger partial charge in [0.25, 0.3) is 0 Å². The van der Waals surface area contributed by atoms with Crippen molar-refractivity contribution in [2.45, 2.75) is 18.8 Å². The van der Waals surface area contributed by atoms with Gasteiger partial charge in [0.05, 0.1) is 14.2 Å². The standard InChI is InChI=1S/C12H13NO3/c1-14-10-5-8-9(6-11(10)15-2)16-12(13-8)7-3-4-7/h5-7H,3-4H2,1-2H3. The fraction of sp³-hybridized carbons (Fsp3) is 0.417. The lowest BCUT2D eigenvalue weighted by atomic mass is 10.3. The van der Waals surface area contributed by atoms with E-state index in [2.05, 4.69) is 4.98 Å². The van der Waals surface area contributed by atoms with Crippen LogP contribution in [-0.4, -0.2) is 19.2 Å². The van der Waals surface area contributed by atoms with Crippen LogP contribution in [0.5, 0.6) is 11.5 Å². The molecule has 4 nitrogen and oxygen atoms in total. The number of rotatable bonds is 3. The molecule has 1 heterocycles. The Morgan fingerprint density at radius 1 is 1.19 bits per heavy atom. The molecule has 16 heavy (non-hydrogen) atoms. The van der Waals surface area contributed by atoms with E-state index in [0.29, 0.717) is 17.4 Å². The summed E-state index contributed by atoms with van der Waals surface area (Å²) in [5, 5.41) is 0. The molecule has 0 N–H and O–H groups in total. The second-order valence-corrected chi connectivity index (χ2v) is 4.00. The molecular formula is C12H13NO3. The first-order valence-electron chi connectivity index (χ1n) is 5.34. The zero-order valence-corrected chi connectivity index (χ0v) is 9.32. The molecule has 1 fully saturated rings. The van der Waals surface area contributed by atoms with Gasteiger partial charge in [-0.25, -0.2) is 4.98 Å². The van der Waals surface area contributed by atoms with Gasteiger partial charge in [0.1, 0.15) is 5.52 Å². The molecule has 2 aromatic rings. The second-order valence-electron chi connectivity index (χ2n) is 4.00. The normalized spacial score (nSPS) is 15.4. The van der Waals surface area contributed by atoms with Gasteiger partial charge >= 0.3 is 0 Å². The molecule has 84 valence electrons. The highest BCUT2D eigenvalue weighted by molar-refractivity contribution is 5.77. The van der Waals surface area contributed by atoms with E-state index in [1.807, 2.05) is 12.1 Å². The molecule has 1 aromatic carbocycles. The average Bonchev–Trinajstić information content (AvgIpc) is 3.07. The van der Waals surface area contributed by atoms with E-state index in [0.717, 1.165) is 17.0 Å². The van der Waals surface area contributed by atoms with E-state index in [4.69, 9.17) is 13.9 Å². The van der Waals surface area contributed by atoms with E-state index in [-0.39, 0.29) is 0 Å². The number of fused-ring (bicyclic) bond motifs is 1. The van der Waals surface area contributed by atoms with Crippen molar-refractivity contribution in [1.82, 2.24) is 4.98 Å². The highest BCUT2D eigenvalue weighted by Gasteiger charge is 2.29. The lowest BCUT2D eigenvalue weighted by Crippen LogP contribution is -1.89. The average molecular weight is 219 g/mol. The molecule has 0 bridgehead atoms. The van der Waals surface area contributed by atoms with Crippen molar-refractivity contribution < 1.29 is 13.9 Å². The van der Waals surface area contributed by atoms with E-state index in [9.17, 15) is 0 Å².